The molecule has 3 N–H and O–H groups in total. The number of aliphatic carboxylic acids is 1. The Kier molecular flexibility index (Phi) is 8.83. The molecule has 2 aromatic carbocycles. The first-order chi connectivity index (χ1) is 16.0. The van der Waals surface area contributed by atoms with Gasteiger partial charge < -0.3 is 25.2 Å². The van der Waals surface area contributed by atoms with Gasteiger partial charge in [-0.2, -0.15) is 0 Å². The van der Waals surface area contributed by atoms with Crippen molar-refractivity contribution in [2.45, 2.75) is 37.7 Å². The van der Waals surface area contributed by atoms with Crippen molar-refractivity contribution < 1.29 is 29.0 Å². The summed E-state index contributed by atoms with van der Waals surface area (Å²) in [6, 6.07) is 16.2. The van der Waals surface area contributed by atoms with Crippen LogP contribution in [0.1, 0.15) is 42.7 Å². The number of hydrogen-bond acceptors (Lipinski definition) is 5. The third kappa shape index (κ3) is 6.79. The lowest BCUT2D eigenvalue weighted by Crippen LogP contribution is -2.37. The SMILES string of the molecule is COC(CNC(=O)OCC1c2ccccc2-c2ccccc21)CC(=O)NCCCCC(=O)O. The van der Waals surface area contributed by atoms with Gasteiger partial charge in [0.25, 0.3) is 0 Å². The molecule has 0 bridgehead atoms. The van der Waals surface area contributed by atoms with Crippen LogP contribution >= 0.6 is 0 Å². The Balaban J connectivity index is 1.42. The molecule has 0 saturated heterocycles. The molecule has 2 amide bonds. The molecule has 0 radical (unpaired) electrons. The molecule has 1 aliphatic rings. The van der Waals surface area contributed by atoms with Crippen LogP contribution in [0, 0.1) is 0 Å². The quantitative estimate of drug-likeness (QED) is 0.424. The van der Waals surface area contributed by atoms with Crippen molar-refractivity contribution in [3.8, 4) is 11.1 Å². The maximum atomic E-state index is 12.3. The third-order valence-electron chi connectivity index (χ3n) is 5.70. The molecule has 176 valence electrons. The van der Waals surface area contributed by atoms with Gasteiger partial charge in [0.2, 0.25) is 5.91 Å². The fraction of sp³-hybridized carbons (Fsp3) is 0.400. The molecule has 0 aromatic heterocycles. The maximum absolute atomic E-state index is 12.3. The van der Waals surface area contributed by atoms with E-state index in [2.05, 4.69) is 34.9 Å². The fourth-order valence-electron chi connectivity index (χ4n) is 3.99. The lowest BCUT2D eigenvalue weighted by Gasteiger charge is -2.17. The van der Waals surface area contributed by atoms with Crippen molar-refractivity contribution in [3.05, 3.63) is 59.7 Å². The minimum absolute atomic E-state index is 0.0201. The number of methoxy groups -OCH3 is 1. The van der Waals surface area contributed by atoms with Gasteiger partial charge in [0.1, 0.15) is 6.61 Å². The number of carbonyl (C=O) groups excluding carboxylic acids is 2. The Morgan fingerprint density at radius 2 is 1.61 bits per heavy atom. The maximum Gasteiger partial charge on any atom is 0.407 e. The zero-order valence-corrected chi connectivity index (χ0v) is 18.7. The number of hydrogen-bond donors (Lipinski definition) is 3. The molecular formula is C25H30N2O6. The first-order valence-electron chi connectivity index (χ1n) is 11.1. The van der Waals surface area contributed by atoms with E-state index in [1.165, 1.54) is 7.11 Å². The summed E-state index contributed by atoms with van der Waals surface area (Å²) in [7, 11) is 1.48. The van der Waals surface area contributed by atoms with Crippen LogP contribution in [0.5, 0.6) is 0 Å². The number of fused-ring (bicyclic) bond motifs is 3. The molecule has 0 heterocycles. The first-order valence-corrected chi connectivity index (χ1v) is 11.1. The van der Waals surface area contributed by atoms with Gasteiger partial charge in [-0.25, -0.2) is 4.79 Å². The van der Waals surface area contributed by atoms with Gasteiger partial charge in [-0.1, -0.05) is 48.5 Å². The van der Waals surface area contributed by atoms with Gasteiger partial charge in [-0.05, 0) is 35.1 Å². The molecule has 1 aliphatic carbocycles. The van der Waals surface area contributed by atoms with Crippen molar-refractivity contribution in [2.24, 2.45) is 0 Å². The van der Waals surface area contributed by atoms with E-state index >= 15 is 0 Å². The molecule has 0 fully saturated rings. The van der Waals surface area contributed by atoms with Crippen molar-refractivity contribution in [2.75, 3.05) is 26.8 Å². The van der Waals surface area contributed by atoms with Crippen LogP contribution in [0.4, 0.5) is 4.79 Å². The van der Waals surface area contributed by atoms with Crippen molar-refractivity contribution in [3.63, 3.8) is 0 Å². The molecule has 0 aliphatic heterocycles. The van der Waals surface area contributed by atoms with E-state index in [1.54, 1.807) is 0 Å². The summed E-state index contributed by atoms with van der Waals surface area (Å²) in [5.41, 5.74) is 4.61. The van der Waals surface area contributed by atoms with E-state index in [9.17, 15) is 14.4 Å². The number of nitrogens with one attached hydrogen (secondary N) is 2. The van der Waals surface area contributed by atoms with Crippen LogP contribution in [0.25, 0.3) is 11.1 Å². The summed E-state index contributed by atoms with van der Waals surface area (Å²) < 4.78 is 10.8. The number of rotatable bonds is 12. The molecular weight excluding hydrogens is 424 g/mol. The van der Waals surface area contributed by atoms with E-state index in [4.69, 9.17) is 14.6 Å². The first kappa shape index (κ1) is 24.3. The van der Waals surface area contributed by atoms with E-state index in [0.29, 0.717) is 19.4 Å². The van der Waals surface area contributed by atoms with Crippen LogP contribution in [0.2, 0.25) is 0 Å². The highest BCUT2D eigenvalue weighted by molar-refractivity contribution is 5.79. The number of benzene rings is 2. The van der Waals surface area contributed by atoms with Crippen LogP contribution < -0.4 is 10.6 Å². The molecule has 33 heavy (non-hydrogen) atoms. The average molecular weight is 455 g/mol. The highest BCUT2D eigenvalue weighted by atomic mass is 16.5. The Bertz CT molecular complexity index is 931. The standard InChI is InChI=1S/C25H30N2O6/c1-32-17(14-23(28)26-13-7-6-12-24(29)30)15-27-25(31)33-16-22-20-10-4-2-8-18(20)19-9-3-5-11-21(19)22/h2-5,8-11,17,22H,6-7,12-16H2,1H3,(H,26,28)(H,27,31)(H,29,30). The Labute approximate surface area is 193 Å². The molecule has 3 rings (SSSR count). The predicted octanol–water partition coefficient (Wildman–Crippen LogP) is 3.30. The molecule has 0 spiro atoms. The number of alkyl carbamates (subject to hydrolysis) is 1. The Morgan fingerprint density at radius 1 is 0.970 bits per heavy atom. The largest absolute Gasteiger partial charge is 0.481 e. The van der Waals surface area contributed by atoms with Gasteiger partial charge in [0.15, 0.2) is 0 Å². The van der Waals surface area contributed by atoms with Crippen LogP contribution in [0.15, 0.2) is 48.5 Å². The number of carboxylic acids is 1. The highest BCUT2D eigenvalue weighted by Gasteiger charge is 2.29. The minimum Gasteiger partial charge on any atom is -0.481 e. The second-order valence-corrected chi connectivity index (χ2v) is 7.97. The summed E-state index contributed by atoms with van der Waals surface area (Å²) in [6.45, 7) is 0.760. The number of ether oxygens (including phenoxy) is 2. The fourth-order valence-corrected chi connectivity index (χ4v) is 3.99. The number of unbranched alkanes of at least 4 members (excludes halogenated alkanes) is 1. The summed E-state index contributed by atoms with van der Waals surface area (Å²) in [5.74, 6) is -1.08. The Hall–Kier alpha value is -3.39. The lowest BCUT2D eigenvalue weighted by atomic mass is 9.98. The van der Waals surface area contributed by atoms with E-state index < -0.39 is 18.2 Å². The topological polar surface area (TPSA) is 114 Å². The normalized spacial score (nSPS) is 13.0. The molecule has 1 atom stereocenters. The van der Waals surface area contributed by atoms with Crippen molar-refractivity contribution in [1.29, 1.82) is 0 Å². The van der Waals surface area contributed by atoms with Gasteiger partial charge >= 0.3 is 12.1 Å². The lowest BCUT2D eigenvalue weighted by molar-refractivity contribution is -0.137. The number of amides is 2. The average Bonchev–Trinajstić information content (AvgIpc) is 3.13. The third-order valence-corrected chi connectivity index (χ3v) is 5.70. The van der Waals surface area contributed by atoms with Gasteiger partial charge in [-0.15, -0.1) is 0 Å². The monoisotopic (exact) mass is 454 g/mol. The highest BCUT2D eigenvalue weighted by Crippen LogP contribution is 2.44. The van der Waals surface area contributed by atoms with Crippen LogP contribution in [-0.4, -0.2) is 56.0 Å². The molecule has 1 unspecified atom stereocenters. The van der Waals surface area contributed by atoms with Crippen molar-refractivity contribution >= 4 is 18.0 Å². The summed E-state index contributed by atoms with van der Waals surface area (Å²) >= 11 is 0. The summed E-state index contributed by atoms with van der Waals surface area (Å²) in [4.78, 5) is 34.8. The summed E-state index contributed by atoms with van der Waals surface area (Å²) in [6.07, 6.45) is 0.206. The second-order valence-electron chi connectivity index (χ2n) is 7.97. The van der Waals surface area contributed by atoms with Gasteiger partial charge in [0, 0.05) is 32.5 Å². The van der Waals surface area contributed by atoms with Crippen molar-refractivity contribution in [1.82, 2.24) is 10.6 Å². The predicted molar refractivity (Wildman–Crippen MR) is 123 cm³/mol. The molecule has 2 aromatic rings. The van der Waals surface area contributed by atoms with E-state index in [1.807, 2.05) is 24.3 Å². The van der Waals surface area contributed by atoms with Gasteiger partial charge in [0.05, 0.1) is 12.5 Å². The van der Waals surface area contributed by atoms with Crippen LogP contribution in [-0.2, 0) is 19.1 Å². The molecule has 8 heteroatoms. The zero-order chi connectivity index (χ0) is 23.6. The summed E-state index contributed by atoms with van der Waals surface area (Å²) in [5, 5.41) is 14.0. The smallest absolute Gasteiger partial charge is 0.407 e. The number of carboxylic acid groups (broad SMARTS) is 1. The van der Waals surface area contributed by atoms with Crippen LogP contribution in [0.3, 0.4) is 0 Å². The number of carbonyl (C=O) groups is 3. The van der Waals surface area contributed by atoms with E-state index in [-0.39, 0.29) is 37.8 Å². The minimum atomic E-state index is -0.847. The van der Waals surface area contributed by atoms with E-state index in [0.717, 1.165) is 22.3 Å². The second kappa shape index (κ2) is 12.0. The molecule has 8 nitrogen and oxygen atoms in total. The van der Waals surface area contributed by atoms with Gasteiger partial charge in [-0.3, -0.25) is 9.59 Å². The Morgan fingerprint density at radius 3 is 2.21 bits per heavy atom. The zero-order valence-electron chi connectivity index (χ0n) is 18.7. The molecule has 0 saturated carbocycles.